The molecule has 0 atom stereocenters. The number of halogens is 1. The summed E-state index contributed by atoms with van der Waals surface area (Å²) in [6.45, 7) is 2.74. The summed E-state index contributed by atoms with van der Waals surface area (Å²) in [5.74, 6) is -0.138. The Morgan fingerprint density at radius 1 is 1.33 bits per heavy atom. The molecule has 2 aromatic heterocycles. The monoisotopic (exact) mass is 343 g/mol. The fraction of sp³-hybridized carbons (Fsp3) is 0.125. The van der Waals surface area contributed by atoms with Crippen molar-refractivity contribution in [1.29, 1.82) is 0 Å². The average Bonchev–Trinajstić information content (AvgIpc) is 2.89. The van der Waals surface area contributed by atoms with Crippen LogP contribution in [0.4, 0.5) is 5.69 Å². The fourth-order valence-electron chi connectivity index (χ4n) is 2.32. The molecule has 0 aliphatic heterocycles. The second-order valence-electron chi connectivity index (χ2n) is 4.66. The van der Waals surface area contributed by atoms with E-state index in [9.17, 15) is 4.79 Å². The van der Waals surface area contributed by atoms with Crippen molar-refractivity contribution in [3.63, 3.8) is 0 Å². The van der Waals surface area contributed by atoms with Gasteiger partial charge in [-0.1, -0.05) is 18.2 Å². The summed E-state index contributed by atoms with van der Waals surface area (Å²) in [5.41, 5.74) is 2.14. The molecule has 4 nitrogen and oxygen atoms in total. The van der Waals surface area contributed by atoms with Gasteiger partial charge in [0.1, 0.15) is 5.69 Å². The quantitative estimate of drug-likeness (QED) is 0.779. The number of aromatic nitrogens is 2. The molecule has 0 unspecified atom stereocenters. The van der Waals surface area contributed by atoms with Crippen molar-refractivity contribution in [1.82, 2.24) is 9.55 Å². The van der Waals surface area contributed by atoms with Gasteiger partial charge in [0.05, 0.1) is 11.2 Å². The average molecular weight is 344 g/mol. The van der Waals surface area contributed by atoms with Gasteiger partial charge in [-0.25, -0.2) is 0 Å². The van der Waals surface area contributed by atoms with E-state index in [0.29, 0.717) is 5.69 Å². The molecule has 0 saturated carbocycles. The number of amides is 1. The van der Waals surface area contributed by atoms with Crippen LogP contribution in [0, 0.1) is 0 Å². The molecule has 3 aromatic rings. The van der Waals surface area contributed by atoms with Gasteiger partial charge in [0.25, 0.3) is 5.91 Å². The lowest BCUT2D eigenvalue weighted by Crippen LogP contribution is -2.16. The van der Waals surface area contributed by atoms with E-state index in [0.717, 1.165) is 27.6 Å². The van der Waals surface area contributed by atoms with Crippen LogP contribution in [-0.2, 0) is 6.54 Å². The SMILES string of the molecule is CCn1cc(Br)cc1C(=O)Nc1cccc2cccnc12. The Labute approximate surface area is 130 Å². The number of hydrogen-bond donors (Lipinski definition) is 1. The van der Waals surface area contributed by atoms with E-state index in [1.807, 2.05) is 54.1 Å². The van der Waals surface area contributed by atoms with E-state index in [-0.39, 0.29) is 5.91 Å². The van der Waals surface area contributed by atoms with Crippen molar-refractivity contribution in [2.75, 3.05) is 5.32 Å². The molecule has 0 fully saturated rings. The number of benzene rings is 1. The second kappa shape index (κ2) is 5.69. The van der Waals surface area contributed by atoms with E-state index in [1.54, 1.807) is 6.20 Å². The highest BCUT2D eigenvalue weighted by molar-refractivity contribution is 9.10. The summed E-state index contributed by atoms with van der Waals surface area (Å²) in [4.78, 5) is 16.8. The number of fused-ring (bicyclic) bond motifs is 1. The number of para-hydroxylation sites is 1. The van der Waals surface area contributed by atoms with E-state index in [1.165, 1.54) is 0 Å². The minimum absolute atomic E-state index is 0.138. The predicted octanol–water partition coefficient (Wildman–Crippen LogP) is 4.07. The number of pyridine rings is 1. The minimum Gasteiger partial charge on any atom is -0.343 e. The zero-order valence-electron chi connectivity index (χ0n) is 11.5. The van der Waals surface area contributed by atoms with Crippen LogP contribution in [0.25, 0.3) is 10.9 Å². The lowest BCUT2D eigenvalue weighted by atomic mass is 10.2. The minimum atomic E-state index is -0.138. The van der Waals surface area contributed by atoms with E-state index >= 15 is 0 Å². The number of nitrogens with zero attached hydrogens (tertiary/aromatic N) is 2. The van der Waals surface area contributed by atoms with Gasteiger partial charge in [-0.05, 0) is 41.1 Å². The van der Waals surface area contributed by atoms with Crippen molar-refractivity contribution >= 4 is 38.4 Å². The normalized spacial score (nSPS) is 10.8. The molecule has 3 rings (SSSR count). The fourth-order valence-corrected chi connectivity index (χ4v) is 2.78. The Morgan fingerprint density at radius 2 is 2.14 bits per heavy atom. The molecule has 0 aliphatic carbocycles. The molecule has 0 aliphatic rings. The first kappa shape index (κ1) is 13.8. The predicted molar refractivity (Wildman–Crippen MR) is 87.5 cm³/mol. The summed E-state index contributed by atoms with van der Waals surface area (Å²) in [6, 6.07) is 11.4. The van der Waals surface area contributed by atoms with Gasteiger partial charge in [-0.2, -0.15) is 0 Å². The molecule has 5 heteroatoms. The van der Waals surface area contributed by atoms with Gasteiger partial charge in [0.2, 0.25) is 0 Å². The van der Waals surface area contributed by atoms with Crippen LogP contribution < -0.4 is 5.32 Å². The maximum Gasteiger partial charge on any atom is 0.272 e. The number of rotatable bonds is 3. The third-order valence-corrected chi connectivity index (χ3v) is 3.75. The van der Waals surface area contributed by atoms with E-state index < -0.39 is 0 Å². The first-order valence-corrected chi connectivity index (χ1v) is 7.49. The van der Waals surface area contributed by atoms with Gasteiger partial charge >= 0.3 is 0 Å². The maximum atomic E-state index is 12.5. The number of anilines is 1. The molecule has 0 saturated heterocycles. The Morgan fingerprint density at radius 3 is 2.95 bits per heavy atom. The number of nitrogens with one attached hydrogen (secondary N) is 1. The van der Waals surface area contributed by atoms with Gasteiger partial charge < -0.3 is 9.88 Å². The van der Waals surface area contributed by atoms with Crippen LogP contribution in [0.1, 0.15) is 17.4 Å². The molecule has 0 spiro atoms. The topological polar surface area (TPSA) is 46.9 Å². The van der Waals surface area contributed by atoms with Crippen LogP contribution in [0.2, 0.25) is 0 Å². The third-order valence-electron chi connectivity index (χ3n) is 3.32. The summed E-state index contributed by atoms with van der Waals surface area (Å²) in [5, 5.41) is 3.95. The van der Waals surface area contributed by atoms with Crippen molar-refractivity contribution in [2.24, 2.45) is 0 Å². The number of carbonyl (C=O) groups excluding carboxylic acids is 1. The lowest BCUT2D eigenvalue weighted by molar-refractivity contribution is 0.101. The zero-order chi connectivity index (χ0) is 14.8. The van der Waals surface area contributed by atoms with Crippen LogP contribution in [-0.4, -0.2) is 15.5 Å². The zero-order valence-corrected chi connectivity index (χ0v) is 13.1. The Balaban J connectivity index is 1.96. The molecule has 0 bridgehead atoms. The van der Waals surface area contributed by atoms with Crippen molar-refractivity contribution in [3.05, 3.63) is 59.0 Å². The molecular weight excluding hydrogens is 330 g/mol. The van der Waals surface area contributed by atoms with Crippen LogP contribution in [0.3, 0.4) is 0 Å². The second-order valence-corrected chi connectivity index (χ2v) is 5.58. The molecule has 1 N–H and O–H groups in total. The highest BCUT2D eigenvalue weighted by atomic mass is 79.9. The van der Waals surface area contributed by atoms with Crippen LogP contribution in [0.5, 0.6) is 0 Å². The van der Waals surface area contributed by atoms with Crippen molar-refractivity contribution < 1.29 is 4.79 Å². The number of carbonyl (C=O) groups is 1. The largest absolute Gasteiger partial charge is 0.343 e. The smallest absolute Gasteiger partial charge is 0.272 e. The highest BCUT2D eigenvalue weighted by Crippen LogP contribution is 2.22. The van der Waals surface area contributed by atoms with Gasteiger partial charge in [0.15, 0.2) is 0 Å². The van der Waals surface area contributed by atoms with E-state index in [4.69, 9.17) is 0 Å². The van der Waals surface area contributed by atoms with Gasteiger partial charge in [0, 0.05) is 28.8 Å². The Hall–Kier alpha value is -2.14. The Kier molecular flexibility index (Phi) is 3.75. The first-order valence-electron chi connectivity index (χ1n) is 6.70. The molecule has 21 heavy (non-hydrogen) atoms. The van der Waals surface area contributed by atoms with Crippen molar-refractivity contribution in [3.8, 4) is 0 Å². The third kappa shape index (κ3) is 2.69. The number of aryl methyl sites for hydroxylation is 1. The molecular formula is C16H14BrN3O. The van der Waals surface area contributed by atoms with Gasteiger partial charge in [-0.3, -0.25) is 9.78 Å². The number of hydrogen-bond acceptors (Lipinski definition) is 2. The Bertz CT molecular complexity index is 805. The summed E-state index contributed by atoms with van der Waals surface area (Å²) < 4.78 is 2.79. The van der Waals surface area contributed by atoms with Crippen LogP contribution in [0.15, 0.2) is 53.3 Å². The molecule has 1 amide bonds. The summed E-state index contributed by atoms with van der Waals surface area (Å²) in [6.07, 6.45) is 3.62. The van der Waals surface area contributed by atoms with E-state index in [2.05, 4.69) is 26.2 Å². The molecule has 2 heterocycles. The van der Waals surface area contributed by atoms with Gasteiger partial charge in [-0.15, -0.1) is 0 Å². The maximum absolute atomic E-state index is 12.5. The highest BCUT2D eigenvalue weighted by Gasteiger charge is 2.13. The molecule has 106 valence electrons. The standard InChI is InChI=1S/C16H14BrN3O/c1-2-20-10-12(17)9-14(20)16(21)19-13-7-3-5-11-6-4-8-18-15(11)13/h3-10H,2H2,1H3,(H,19,21). The first-order chi connectivity index (χ1) is 10.2. The van der Waals surface area contributed by atoms with Crippen LogP contribution >= 0.6 is 15.9 Å². The van der Waals surface area contributed by atoms with Crippen molar-refractivity contribution in [2.45, 2.75) is 13.5 Å². The summed E-state index contributed by atoms with van der Waals surface area (Å²) in [7, 11) is 0. The molecule has 0 radical (unpaired) electrons. The molecule has 1 aromatic carbocycles. The summed E-state index contributed by atoms with van der Waals surface area (Å²) >= 11 is 3.40. The lowest BCUT2D eigenvalue weighted by Gasteiger charge is -2.09.